The average Bonchev–Trinajstić information content (AvgIpc) is 2.66. The Morgan fingerprint density at radius 1 is 1.37 bits per heavy atom. The molecule has 19 heavy (non-hydrogen) atoms. The quantitative estimate of drug-likeness (QED) is 0.782. The number of carbonyl (C=O) groups is 1. The highest BCUT2D eigenvalue weighted by Crippen LogP contribution is 2.18. The second-order valence-corrected chi connectivity index (χ2v) is 6.04. The van der Waals surface area contributed by atoms with Crippen LogP contribution in [0.15, 0.2) is 0 Å². The van der Waals surface area contributed by atoms with Gasteiger partial charge in [-0.15, -0.1) is 0 Å². The molecule has 0 saturated carbocycles. The summed E-state index contributed by atoms with van der Waals surface area (Å²) in [6.07, 6.45) is 0.909. The highest BCUT2D eigenvalue weighted by Gasteiger charge is 2.28. The molecule has 6 heteroatoms. The number of hydrogen-bond acceptors (Lipinski definition) is 5. The van der Waals surface area contributed by atoms with Crippen molar-refractivity contribution in [3.63, 3.8) is 0 Å². The van der Waals surface area contributed by atoms with Crippen LogP contribution in [0.25, 0.3) is 0 Å². The minimum atomic E-state index is -0.150. The first-order valence-electron chi connectivity index (χ1n) is 7.12. The summed E-state index contributed by atoms with van der Waals surface area (Å²) in [5.74, 6) is 2.14. The molecule has 2 aliphatic rings. The van der Waals surface area contributed by atoms with Crippen LogP contribution in [0, 0.1) is 0 Å². The molecule has 0 aromatic carbocycles. The standard InChI is InChI=1S/C13H24N2O3S/c1-2-18-13(16)15-4-3-9-19-11-12(15)10-14-5-7-17-8-6-14/h12H,2-11H2,1H3. The fraction of sp³-hybridized carbons (Fsp3) is 0.923. The Bertz CT molecular complexity index is 285. The van der Waals surface area contributed by atoms with E-state index < -0.39 is 0 Å². The number of morpholine rings is 1. The van der Waals surface area contributed by atoms with Crippen molar-refractivity contribution < 1.29 is 14.3 Å². The van der Waals surface area contributed by atoms with Crippen LogP contribution in [0.2, 0.25) is 0 Å². The highest BCUT2D eigenvalue weighted by molar-refractivity contribution is 7.99. The lowest BCUT2D eigenvalue weighted by Crippen LogP contribution is -2.50. The molecule has 0 aromatic heterocycles. The molecule has 0 N–H and O–H groups in total. The summed E-state index contributed by atoms with van der Waals surface area (Å²) in [6.45, 7) is 7.62. The van der Waals surface area contributed by atoms with Gasteiger partial charge < -0.3 is 14.4 Å². The summed E-state index contributed by atoms with van der Waals surface area (Å²) in [5, 5.41) is 0. The Balaban J connectivity index is 1.93. The molecule has 0 bridgehead atoms. The maximum atomic E-state index is 12.1. The highest BCUT2D eigenvalue weighted by atomic mass is 32.2. The molecule has 110 valence electrons. The van der Waals surface area contributed by atoms with Crippen molar-refractivity contribution in [3.05, 3.63) is 0 Å². The van der Waals surface area contributed by atoms with E-state index >= 15 is 0 Å². The summed E-state index contributed by atoms with van der Waals surface area (Å²) >= 11 is 1.94. The van der Waals surface area contributed by atoms with Gasteiger partial charge in [0.05, 0.1) is 25.9 Å². The molecule has 2 heterocycles. The molecule has 1 unspecified atom stereocenters. The van der Waals surface area contributed by atoms with Crippen molar-refractivity contribution in [2.24, 2.45) is 0 Å². The minimum Gasteiger partial charge on any atom is -0.450 e. The Morgan fingerprint density at radius 2 is 2.16 bits per heavy atom. The number of ether oxygens (including phenoxy) is 2. The van der Waals surface area contributed by atoms with Gasteiger partial charge in [-0.1, -0.05) is 0 Å². The maximum Gasteiger partial charge on any atom is 0.410 e. The van der Waals surface area contributed by atoms with Gasteiger partial charge in [0, 0.05) is 31.9 Å². The third-order valence-electron chi connectivity index (χ3n) is 3.51. The predicted molar refractivity (Wildman–Crippen MR) is 76.7 cm³/mol. The van der Waals surface area contributed by atoms with Crippen LogP contribution in [0.1, 0.15) is 13.3 Å². The summed E-state index contributed by atoms with van der Waals surface area (Å²) in [7, 11) is 0. The van der Waals surface area contributed by atoms with E-state index in [1.165, 1.54) is 0 Å². The summed E-state index contributed by atoms with van der Waals surface area (Å²) in [6, 6.07) is 0.268. The van der Waals surface area contributed by atoms with E-state index in [1.54, 1.807) is 0 Å². The van der Waals surface area contributed by atoms with E-state index in [-0.39, 0.29) is 12.1 Å². The van der Waals surface area contributed by atoms with Crippen LogP contribution >= 0.6 is 11.8 Å². The maximum absolute atomic E-state index is 12.1. The number of carbonyl (C=O) groups excluding carboxylic acids is 1. The fourth-order valence-electron chi connectivity index (χ4n) is 2.51. The molecule has 1 amide bonds. The SMILES string of the molecule is CCOC(=O)N1CCCSCC1CN1CCOCC1. The van der Waals surface area contributed by atoms with Crippen LogP contribution in [-0.4, -0.2) is 79.4 Å². The van der Waals surface area contributed by atoms with E-state index in [1.807, 2.05) is 23.6 Å². The first-order valence-corrected chi connectivity index (χ1v) is 8.28. The van der Waals surface area contributed by atoms with Gasteiger partial charge in [-0.05, 0) is 19.1 Å². The van der Waals surface area contributed by atoms with Gasteiger partial charge in [0.15, 0.2) is 0 Å². The normalized spacial score (nSPS) is 25.9. The van der Waals surface area contributed by atoms with Crippen LogP contribution in [-0.2, 0) is 9.47 Å². The van der Waals surface area contributed by atoms with E-state index in [0.29, 0.717) is 6.61 Å². The van der Waals surface area contributed by atoms with Gasteiger partial charge in [-0.2, -0.15) is 11.8 Å². The monoisotopic (exact) mass is 288 g/mol. The molecule has 5 nitrogen and oxygen atoms in total. The second kappa shape index (κ2) is 7.97. The number of rotatable bonds is 3. The summed E-state index contributed by atoms with van der Waals surface area (Å²) < 4.78 is 10.6. The minimum absolute atomic E-state index is 0.150. The number of nitrogens with zero attached hydrogens (tertiary/aromatic N) is 2. The fourth-order valence-corrected chi connectivity index (χ4v) is 3.57. The zero-order valence-electron chi connectivity index (χ0n) is 11.7. The van der Waals surface area contributed by atoms with Gasteiger partial charge in [0.25, 0.3) is 0 Å². The molecule has 1 atom stereocenters. The van der Waals surface area contributed by atoms with E-state index in [0.717, 1.165) is 57.3 Å². The second-order valence-electron chi connectivity index (χ2n) is 4.89. The Morgan fingerprint density at radius 3 is 2.89 bits per heavy atom. The Labute approximate surface area is 119 Å². The Kier molecular flexibility index (Phi) is 6.26. The lowest BCUT2D eigenvalue weighted by atomic mass is 10.2. The van der Waals surface area contributed by atoms with Gasteiger partial charge in [0.2, 0.25) is 0 Å². The predicted octanol–water partition coefficient (Wildman–Crippen LogP) is 1.28. The smallest absolute Gasteiger partial charge is 0.410 e. The van der Waals surface area contributed by atoms with E-state index in [4.69, 9.17) is 9.47 Å². The van der Waals surface area contributed by atoms with Crippen LogP contribution in [0.5, 0.6) is 0 Å². The van der Waals surface area contributed by atoms with Crippen LogP contribution in [0.4, 0.5) is 4.79 Å². The van der Waals surface area contributed by atoms with Crippen molar-refractivity contribution in [2.45, 2.75) is 19.4 Å². The zero-order chi connectivity index (χ0) is 13.5. The van der Waals surface area contributed by atoms with Gasteiger partial charge in [-0.3, -0.25) is 4.90 Å². The van der Waals surface area contributed by atoms with E-state index in [9.17, 15) is 4.79 Å². The lowest BCUT2D eigenvalue weighted by Gasteiger charge is -2.35. The molecule has 2 saturated heterocycles. The first kappa shape index (κ1) is 14.9. The number of amides is 1. The Hall–Kier alpha value is -0.460. The molecule has 0 radical (unpaired) electrons. The summed E-state index contributed by atoms with van der Waals surface area (Å²) in [5.41, 5.74) is 0. The lowest BCUT2D eigenvalue weighted by molar-refractivity contribution is 0.0237. The van der Waals surface area contributed by atoms with Gasteiger partial charge >= 0.3 is 6.09 Å². The van der Waals surface area contributed by atoms with E-state index in [2.05, 4.69) is 4.90 Å². The topological polar surface area (TPSA) is 42.0 Å². The average molecular weight is 288 g/mol. The van der Waals surface area contributed by atoms with Crippen molar-refractivity contribution in [1.82, 2.24) is 9.80 Å². The largest absolute Gasteiger partial charge is 0.450 e. The molecule has 0 aliphatic carbocycles. The molecule has 2 fully saturated rings. The zero-order valence-corrected chi connectivity index (χ0v) is 12.5. The van der Waals surface area contributed by atoms with Crippen molar-refractivity contribution in [3.8, 4) is 0 Å². The first-order chi connectivity index (χ1) is 9.31. The third-order valence-corrected chi connectivity index (χ3v) is 4.71. The number of hydrogen-bond donors (Lipinski definition) is 0. The molecule has 0 spiro atoms. The van der Waals surface area contributed by atoms with Crippen LogP contribution < -0.4 is 0 Å². The number of thioether (sulfide) groups is 1. The van der Waals surface area contributed by atoms with Crippen LogP contribution in [0.3, 0.4) is 0 Å². The molecule has 2 rings (SSSR count). The van der Waals surface area contributed by atoms with Gasteiger partial charge in [-0.25, -0.2) is 4.79 Å². The van der Waals surface area contributed by atoms with Crippen molar-refractivity contribution >= 4 is 17.9 Å². The molecule has 2 aliphatic heterocycles. The summed E-state index contributed by atoms with van der Waals surface area (Å²) in [4.78, 5) is 16.4. The van der Waals surface area contributed by atoms with Gasteiger partial charge in [0.1, 0.15) is 0 Å². The molecular formula is C13H24N2O3S. The third kappa shape index (κ3) is 4.54. The molecular weight excluding hydrogens is 264 g/mol. The van der Waals surface area contributed by atoms with Crippen molar-refractivity contribution in [2.75, 3.05) is 57.5 Å². The van der Waals surface area contributed by atoms with Crippen molar-refractivity contribution in [1.29, 1.82) is 0 Å². The molecule has 0 aromatic rings.